The number of benzene rings is 2. The molecule has 0 saturated heterocycles. The highest BCUT2D eigenvalue weighted by Crippen LogP contribution is 2.15. The summed E-state index contributed by atoms with van der Waals surface area (Å²) in [7, 11) is 0. The van der Waals surface area contributed by atoms with E-state index in [9.17, 15) is 14.9 Å². The van der Waals surface area contributed by atoms with Crippen LogP contribution in [-0.2, 0) is 0 Å². The number of hydrogen-bond donors (Lipinski definition) is 2. The average Bonchev–Trinajstić information content (AvgIpc) is 2.48. The quantitative estimate of drug-likeness (QED) is 0.387. The summed E-state index contributed by atoms with van der Waals surface area (Å²) < 4.78 is 0. The number of carbonyl (C=O) groups excluding carboxylic acids is 1. The zero-order valence-electron chi connectivity index (χ0n) is 10.9. The van der Waals surface area contributed by atoms with Crippen molar-refractivity contribution in [3.63, 3.8) is 0 Å². The summed E-state index contributed by atoms with van der Waals surface area (Å²) in [6.07, 6.45) is 1.22. The minimum absolute atomic E-state index is 0.0882. The Bertz CT molecular complexity index is 713. The number of hydrazone groups is 1. The van der Waals surface area contributed by atoms with Crippen molar-refractivity contribution >= 4 is 23.5 Å². The van der Waals surface area contributed by atoms with Crippen LogP contribution in [0.5, 0.6) is 0 Å². The Labute approximate surface area is 120 Å². The second-order valence-corrected chi connectivity index (χ2v) is 4.10. The first-order valence-electron chi connectivity index (χ1n) is 6.01. The topological polar surface area (TPSA) is 111 Å². The lowest BCUT2D eigenvalue weighted by Crippen LogP contribution is -2.19. The highest BCUT2D eigenvalue weighted by atomic mass is 16.6. The average molecular weight is 284 g/mol. The van der Waals surface area contributed by atoms with E-state index < -0.39 is 10.8 Å². The van der Waals surface area contributed by atoms with Crippen molar-refractivity contribution in [1.29, 1.82) is 0 Å². The molecule has 7 nitrogen and oxygen atoms in total. The molecular weight excluding hydrogens is 272 g/mol. The molecule has 0 aromatic heterocycles. The van der Waals surface area contributed by atoms with E-state index in [2.05, 4.69) is 10.5 Å². The number of nitro benzene ring substituents is 1. The summed E-state index contributed by atoms with van der Waals surface area (Å²) in [5.41, 5.74) is 8.77. The first-order valence-corrected chi connectivity index (χ1v) is 6.01. The highest BCUT2D eigenvalue weighted by molar-refractivity contribution is 5.99. The van der Waals surface area contributed by atoms with Gasteiger partial charge in [0.2, 0.25) is 0 Å². The van der Waals surface area contributed by atoms with Crippen molar-refractivity contribution in [2.24, 2.45) is 5.10 Å². The zero-order valence-corrected chi connectivity index (χ0v) is 10.9. The number of nitrogen functional groups attached to an aromatic ring is 1. The van der Waals surface area contributed by atoms with E-state index in [1.807, 2.05) is 0 Å². The van der Waals surface area contributed by atoms with Gasteiger partial charge in [0.1, 0.15) is 0 Å². The molecule has 2 rings (SSSR count). The lowest BCUT2D eigenvalue weighted by molar-refractivity contribution is -0.385. The third-order valence-corrected chi connectivity index (χ3v) is 2.71. The van der Waals surface area contributed by atoms with Crippen LogP contribution >= 0.6 is 0 Å². The molecule has 3 N–H and O–H groups in total. The largest absolute Gasteiger partial charge is 0.398 e. The predicted molar refractivity (Wildman–Crippen MR) is 79.0 cm³/mol. The van der Waals surface area contributed by atoms with Gasteiger partial charge in [-0.05, 0) is 18.2 Å². The van der Waals surface area contributed by atoms with Crippen LogP contribution in [0.1, 0.15) is 15.9 Å². The summed E-state index contributed by atoms with van der Waals surface area (Å²) >= 11 is 0. The number of nitrogens with zero attached hydrogens (tertiary/aromatic N) is 2. The van der Waals surface area contributed by atoms with Gasteiger partial charge < -0.3 is 5.73 Å². The van der Waals surface area contributed by atoms with Gasteiger partial charge in [-0.2, -0.15) is 5.10 Å². The van der Waals surface area contributed by atoms with E-state index >= 15 is 0 Å². The summed E-state index contributed by atoms with van der Waals surface area (Å²) in [5.74, 6) is -0.483. The Morgan fingerprint density at radius 1 is 1.19 bits per heavy atom. The number of carbonyl (C=O) groups is 1. The molecule has 2 aromatic rings. The van der Waals surface area contributed by atoms with Gasteiger partial charge in [-0.25, -0.2) is 5.43 Å². The molecule has 0 aliphatic carbocycles. The molecular formula is C14H12N4O3. The van der Waals surface area contributed by atoms with Crippen molar-refractivity contribution < 1.29 is 9.72 Å². The Kier molecular flexibility index (Phi) is 4.25. The summed E-state index contributed by atoms with van der Waals surface area (Å²) in [5, 5.41) is 14.5. The first-order chi connectivity index (χ1) is 10.1. The zero-order chi connectivity index (χ0) is 15.2. The lowest BCUT2D eigenvalue weighted by atomic mass is 10.2. The second-order valence-electron chi connectivity index (χ2n) is 4.10. The van der Waals surface area contributed by atoms with Crippen LogP contribution in [0.4, 0.5) is 11.4 Å². The molecule has 21 heavy (non-hydrogen) atoms. The summed E-state index contributed by atoms with van der Waals surface area (Å²) in [6.45, 7) is 0. The lowest BCUT2D eigenvalue weighted by Gasteiger charge is -2.02. The van der Waals surface area contributed by atoms with Crippen LogP contribution in [0.15, 0.2) is 53.6 Å². The molecule has 1 amide bonds. The number of anilines is 1. The van der Waals surface area contributed by atoms with E-state index in [1.54, 1.807) is 36.4 Å². The van der Waals surface area contributed by atoms with Gasteiger partial charge in [0.05, 0.1) is 22.3 Å². The third-order valence-electron chi connectivity index (χ3n) is 2.71. The SMILES string of the molecule is Nc1ccccc1C(=O)NN=Cc1ccccc1[N+](=O)[O-]. The fourth-order valence-electron chi connectivity index (χ4n) is 1.69. The fraction of sp³-hybridized carbons (Fsp3) is 0. The van der Waals surface area contributed by atoms with Crippen molar-refractivity contribution in [2.45, 2.75) is 0 Å². The molecule has 0 bridgehead atoms. The summed E-state index contributed by atoms with van der Waals surface area (Å²) in [6, 6.07) is 12.6. The molecule has 2 aromatic carbocycles. The van der Waals surface area contributed by atoms with Gasteiger partial charge in [0.25, 0.3) is 11.6 Å². The predicted octanol–water partition coefficient (Wildman–Crippen LogP) is 1.94. The van der Waals surface area contributed by atoms with Gasteiger partial charge in [-0.1, -0.05) is 24.3 Å². The molecule has 106 valence electrons. The molecule has 0 spiro atoms. The van der Waals surface area contributed by atoms with Crippen molar-refractivity contribution in [3.05, 3.63) is 69.8 Å². The molecule has 7 heteroatoms. The van der Waals surface area contributed by atoms with E-state index in [-0.39, 0.29) is 11.3 Å². The van der Waals surface area contributed by atoms with Gasteiger partial charge >= 0.3 is 0 Å². The maximum absolute atomic E-state index is 11.8. The van der Waals surface area contributed by atoms with Crippen LogP contribution in [-0.4, -0.2) is 17.0 Å². The molecule has 0 saturated carbocycles. The van der Waals surface area contributed by atoms with Crippen molar-refractivity contribution in [2.75, 3.05) is 5.73 Å². The van der Waals surface area contributed by atoms with Crippen LogP contribution in [0, 0.1) is 10.1 Å². The Morgan fingerprint density at radius 3 is 2.57 bits per heavy atom. The Morgan fingerprint density at radius 2 is 1.86 bits per heavy atom. The van der Waals surface area contributed by atoms with Crippen LogP contribution in [0.25, 0.3) is 0 Å². The number of nitrogens with one attached hydrogen (secondary N) is 1. The van der Waals surface area contributed by atoms with Crippen LogP contribution < -0.4 is 11.2 Å². The number of nitrogens with two attached hydrogens (primary N) is 1. The Hall–Kier alpha value is -3.22. The van der Waals surface area contributed by atoms with Crippen LogP contribution in [0.2, 0.25) is 0 Å². The molecule has 0 atom stereocenters. The minimum Gasteiger partial charge on any atom is -0.398 e. The number of rotatable bonds is 4. The normalized spacial score (nSPS) is 10.5. The molecule has 0 fully saturated rings. The molecule has 0 heterocycles. The third kappa shape index (κ3) is 3.41. The smallest absolute Gasteiger partial charge is 0.278 e. The number of para-hydroxylation sites is 2. The minimum atomic E-state index is -0.516. The number of nitro groups is 1. The van der Waals surface area contributed by atoms with E-state index in [0.29, 0.717) is 11.3 Å². The van der Waals surface area contributed by atoms with E-state index in [0.717, 1.165) is 0 Å². The molecule has 0 radical (unpaired) electrons. The monoisotopic (exact) mass is 284 g/mol. The van der Waals surface area contributed by atoms with Gasteiger partial charge in [-0.15, -0.1) is 0 Å². The van der Waals surface area contributed by atoms with Gasteiger partial charge in [0, 0.05) is 11.8 Å². The summed E-state index contributed by atoms with van der Waals surface area (Å²) in [4.78, 5) is 22.1. The van der Waals surface area contributed by atoms with Gasteiger partial charge in [0.15, 0.2) is 0 Å². The fourth-order valence-corrected chi connectivity index (χ4v) is 1.69. The highest BCUT2D eigenvalue weighted by Gasteiger charge is 2.11. The van der Waals surface area contributed by atoms with E-state index in [1.165, 1.54) is 18.3 Å². The number of hydrogen-bond acceptors (Lipinski definition) is 5. The second kappa shape index (κ2) is 6.29. The maximum Gasteiger partial charge on any atom is 0.278 e. The van der Waals surface area contributed by atoms with Crippen LogP contribution in [0.3, 0.4) is 0 Å². The van der Waals surface area contributed by atoms with E-state index in [4.69, 9.17) is 5.73 Å². The first kappa shape index (κ1) is 14.2. The molecule has 0 aliphatic heterocycles. The number of amides is 1. The molecule has 0 unspecified atom stereocenters. The maximum atomic E-state index is 11.8. The van der Waals surface area contributed by atoms with Crippen molar-refractivity contribution in [1.82, 2.24) is 5.43 Å². The van der Waals surface area contributed by atoms with Gasteiger partial charge in [-0.3, -0.25) is 14.9 Å². The Balaban J connectivity index is 2.12. The molecule has 0 aliphatic rings. The van der Waals surface area contributed by atoms with Crippen molar-refractivity contribution in [3.8, 4) is 0 Å². The standard InChI is InChI=1S/C14H12N4O3/c15-12-7-3-2-6-11(12)14(19)17-16-9-10-5-1-4-8-13(10)18(20)21/h1-9H,15H2,(H,17,19).